The van der Waals surface area contributed by atoms with Crippen LogP contribution >= 0.6 is 0 Å². The van der Waals surface area contributed by atoms with Crippen molar-refractivity contribution in [2.75, 3.05) is 13.9 Å². The van der Waals surface area contributed by atoms with Crippen molar-refractivity contribution >= 4 is 0 Å². The van der Waals surface area contributed by atoms with Crippen LogP contribution in [0.2, 0.25) is 0 Å². The monoisotopic (exact) mass is 258 g/mol. The molecule has 0 aromatic heterocycles. The second-order valence-corrected chi connectivity index (χ2v) is 4.18. The fourth-order valence-corrected chi connectivity index (χ4v) is 1.71. The summed E-state index contributed by atoms with van der Waals surface area (Å²) in [7, 11) is 1.61. The minimum atomic E-state index is 0.301. The molecule has 0 spiro atoms. The maximum absolute atomic E-state index is 5.75. The van der Waals surface area contributed by atoms with Gasteiger partial charge in [-0.15, -0.1) is 0 Å². The van der Waals surface area contributed by atoms with Crippen molar-refractivity contribution in [1.82, 2.24) is 0 Å². The highest BCUT2D eigenvalue weighted by Crippen LogP contribution is 2.15. The highest BCUT2D eigenvalue weighted by Gasteiger charge is 1.98. The molecule has 0 fully saturated rings. The van der Waals surface area contributed by atoms with E-state index in [4.69, 9.17) is 14.2 Å². The number of benzene rings is 2. The molecule has 0 aliphatic heterocycles. The van der Waals surface area contributed by atoms with E-state index in [0.717, 1.165) is 16.9 Å². The molecule has 2 aromatic carbocycles. The number of ether oxygens (including phenoxy) is 3. The summed E-state index contributed by atoms with van der Waals surface area (Å²) in [5.74, 6) is 0.849. The molecule has 3 heteroatoms. The van der Waals surface area contributed by atoms with E-state index >= 15 is 0 Å². The first-order valence-electron chi connectivity index (χ1n) is 6.21. The van der Waals surface area contributed by atoms with Crippen molar-refractivity contribution in [2.45, 2.75) is 13.2 Å². The summed E-state index contributed by atoms with van der Waals surface area (Å²) < 4.78 is 15.9. The van der Waals surface area contributed by atoms with Crippen LogP contribution in [0.3, 0.4) is 0 Å². The van der Waals surface area contributed by atoms with Crippen molar-refractivity contribution in [3.63, 3.8) is 0 Å². The van der Waals surface area contributed by atoms with Gasteiger partial charge in [0.15, 0.2) is 0 Å². The van der Waals surface area contributed by atoms with E-state index in [1.807, 2.05) is 54.6 Å². The number of methoxy groups -OCH3 is 1. The molecule has 0 saturated carbocycles. The molecule has 0 radical (unpaired) electrons. The van der Waals surface area contributed by atoms with Gasteiger partial charge in [-0.1, -0.05) is 42.5 Å². The van der Waals surface area contributed by atoms with Crippen LogP contribution in [-0.2, 0) is 22.7 Å². The molecule has 3 nitrogen and oxygen atoms in total. The average Bonchev–Trinajstić information content (AvgIpc) is 2.47. The molecular formula is C16H18O3. The molecule has 0 aliphatic carbocycles. The summed E-state index contributed by atoms with van der Waals surface area (Å²) in [6, 6.07) is 18.0. The minimum absolute atomic E-state index is 0.301. The van der Waals surface area contributed by atoms with Gasteiger partial charge in [0.1, 0.15) is 19.1 Å². The van der Waals surface area contributed by atoms with Crippen LogP contribution < -0.4 is 4.74 Å². The summed E-state index contributed by atoms with van der Waals surface area (Å²) in [5, 5.41) is 0. The van der Waals surface area contributed by atoms with Crippen LogP contribution in [0, 0.1) is 0 Å². The Labute approximate surface area is 113 Å². The van der Waals surface area contributed by atoms with E-state index in [2.05, 4.69) is 0 Å². The van der Waals surface area contributed by atoms with Crippen molar-refractivity contribution in [2.24, 2.45) is 0 Å². The lowest BCUT2D eigenvalue weighted by atomic mass is 10.2. The van der Waals surface area contributed by atoms with Gasteiger partial charge in [0.2, 0.25) is 0 Å². The third-order valence-corrected chi connectivity index (χ3v) is 2.62. The average molecular weight is 258 g/mol. The van der Waals surface area contributed by atoms with Gasteiger partial charge in [-0.2, -0.15) is 0 Å². The van der Waals surface area contributed by atoms with Gasteiger partial charge < -0.3 is 14.2 Å². The molecule has 0 N–H and O–H groups in total. The Bertz CT molecular complexity index is 482. The first-order chi connectivity index (χ1) is 9.38. The van der Waals surface area contributed by atoms with Crippen molar-refractivity contribution in [1.29, 1.82) is 0 Å². The molecule has 0 saturated heterocycles. The topological polar surface area (TPSA) is 27.7 Å². The Morgan fingerprint density at radius 3 is 2.42 bits per heavy atom. The molecule has 19 heavy (non-hydrogen) atoms. The van der Waals surface area contributed by atoms with E-state index in [-0.39, 0.29) is 0 Å². The van der Waals surface area contributed by atoms with Crippen molar-refractivity contribution in [3.8, 4) is 5.75 Å². The normalized spacial score (nSPS) is 10.4. The van der Waals surface area contributed by atoms with Crippen LogP contribution in [0.4, 0.5) is 0 Å². The van der Waals surface area contributed by atoms with Crippen LogP contribution in [-0.4, -0.2) is 13.9 Å². The maximum Gasteiger partial charge on any atom is 0.146 e. The standard InChI is InChI=1S/C16H18O3/c1-17-13-18-11-15-8-5-9-16(10-15)19-12-14-6-3-2-4-7-14/h2-10H,11-13H2,1H3. The van der Waals surface area contributed by atoms with E-state index < -0.39 is 0 Å². The molecule has 0 atom stereocenters. The van der Waals surface area contributed by atoms with Crippen molar-refractivity contribution < 1.29 is 14.2 Å². The zero-order valence-corrected chi connectivity index (χ0v) is 11.0. The van der Waals surface area contributed by atoms with E-state index in [1.54, 1.807) is 7.11 Å². The first-order valence-corrected chi connectivity index (χ1v) is 6.21. The summed E-state index contributed by atoms with van der Waals surface area (Å²) in [5.41, 5.74) is 2.23. The Morgan fingerprint density at radius 2 is 1.63 bits per heavy atom. The fourth-order valence-electron chi connectivity index (χ4n) is 1.71. The van der Waals surface area contributed by atoms with Gasteiger partial charge >= 0.3 is 0 Å². The SMILES string of the molecule is COCOCc1cccc(OCc2ccccc2)c1. The number of hydrogen-bond acceptors (Lipinski definition) is 3. The number of rotatable bonds is 7. The van der Waals surface area contributed by atoms with Crippen molar-refractivity contribution in [3.05, 3.63) is 65.7 Å². The molecule has 0 unspecified atom stereocenters. The zero-order chi connectivity index (χ0) is 13.3. The lowest BCUT2D eigenvalue weighted by Crippen LogP contribution is -1.98. The highest BCUT2D eigenvalue weighted by molar-refractivity contribution is 5.28. The van der Waals surface area contributed by atoms with Gasteiger partial charge in [0, 0.05) is 7.11 Å². The molecule has 0 heterocycles. The smallest absolute Gasteiger partial charge is 0.146 e. The van der Waals surface area contributed by atoms with Gasteiger partial charge in [-0.3, -0.25) is 0 Å². The van der Waals surface area contributed by atoms with E-state index in [0.29, 0.717) is 20.0 Å². The third-order valence-electron chi connectivity index (χ3n) is 2.62. The van der Waals surface area contributed by atoms with Crippen LogP contribution in [0.25, 0.3) is 0 Å². The largest absolute Gasteiger partial charge is 0.489 e. The third kappa shape index (κ3) is 4.73. The van der Waals surface area contributed by atoms with Gasteiger partial charge in [-0.05, 0) is 23.3 Å². The second kappa shape index (κ2) is 7.56. The van der Waals surface area contributed by atoms with Crippen LogP contribution in [0.1, 0.15) is 11.1 Å². The maximum atomic E-state index is 5.75. The second-order valence-electron chi connectivity index (χ2n) is 4.18. The predicted molar refractivity (Wildman–Crippen MR) is 73.9 cm³/mol. The van der Waals surface area contributed by atoms with Crippen LogP contribution in [0.15, 0.2) is 54.6 Å². The molecule has 2 rings (SSSR count). The molecule has 2 aromatic rings. The molecule has 0 aliphatic rings. The van der Waals surface area contributed by atoms with E-state index in [9.17, 15) is 0 Å². The molecular weight excluding hydrogens is 240 g/mol. The summed E-state index contributed by atoms with van der Waals surface area (Å²) in [6.45, 7) is 1.40. The first kappa shape index (κ1) is 13.6. The molecule has 0 bridgehead atoms. The van der Waals surface area contributed by atoms with E-state index in [1.165, 1.54) is 0 Å². The lowest BCUT2D eigenvalue weighted by molar-refractivity contribution is -0.0391. The van der Waals surface area contributed by atoms with Gasteiger partial charge in [-0.25, -0.2) is 0 Å². The molecule has 100 valence electrons. The summed E-state index contributed by atoms with van der Waals surface area (Å²) >= 11 is 0. The Kier molecular flexibility index (Phi) is 5.41. The lowest BCUT2D eigenvalue weighted by Gasteiger charge is -2.08. The quantitative estimate of drug-likeness (QED) is 0.563. The summed E-state index contributed by atoms with van der Waals surface area (Å²) in [6.07, 6.45) is 0. The molecule has 0 amide bonds. The van der Waals surface area contributed by atoms with Gasteiger partial charge in [0.25, 0.3) is 0 Å². The minimum Gasteiger partial charge on any atom is -0.489 e. The van der Waals surface area contributed by atoms with Gasteiger partial charge in [0.05, 0.1) is 6.61 Å². The van der Waals surface area contributed by atoms with Crippen LogP contribution in [0.5, 0.6) is 5.75 Å². The fraction of sp³-hybridized carbons (Fsp3) is 0.250. The highest BCUT2D eigenvalue weighted by atomic mass is 16.7. The predicted octanol–water partition coefficient (Wildman–Crippen LogP) is 3.39. The Hall–Kier alpha value is -1.84. The summed E-state index contributed by atoms with van der Waals surface area (Å²) in [4.78, 5) is 0. The number of hydrogen-bond donors (Lipinski definition) is 0. The Balaban J connectivity index is 1.88. The Morgan fingerprint density at radius 1 is 0.842 bits per heavy atom. The zero-order valence-electron chi connectivity index (χ0n) is 11.0.